The average molecular weight is 329 g/mol. The van der Waals surface area contributed by atoms with Crippen molar-refractivity contribution in [1.29, 1.82) is 0 Å². The number of thiol groups is 1. The molecule has 3 rings (SSSR count). The maximum Gasteiger partial charge on any atom is 0.338 e. The van der Waals surface area contributed by atoms with Crippen molar-refractivity contribution in [2.75, 3.05) is 5.32 Å². The molecule has 22 heavy (non-hydrogen) atoms. The van der Waals surface area contributed by atoms with Crippen molar-refractivity contribution in [3.8, 4) is 0 Å². The molecule has 1 heterocycles. The number of fused-ring (bicyclic) bond motifs is 1. The van der Waals surface area contributed by atoms with Crippen molar-refractivity contribution in [1.82, 2.24) is 4.31 Å². The van der Waals surface area contributed by atoms with Gasteiger partial charge in [-0.1, -0.05) is 60.5 Å². The van der Waals surface area contributed by atoms with Gasteiger partial charge in [0.2, 0.25) is 0 Å². The molecule has 0 aromatic heterocycles. The van der Waals surface area contributed by atoms with E-state index in [1.165, 1.54) is 16.1 Å². The third-order valence-corrected chi connectivity index (χ3v) is 4.73. The van der Waals surface area contributed by atoms with Crippen LogP contribution >= 0.6 is 24.6 Å². The number of carbonyl (C=O) groups excluding carboxylic acids is 1. The molecule has 6 heteroatoms. The van der Waals surface area contributed by atoms with Crippen molar-refractivity contribution in [2.45, 2.75) is 12.7 Å². The normalized spacial score (nSPS) is 13.1. The number of amides is 2. The van der Waals surface area contributed by atoms with Gasteiger partial charge < -0.3 is 5.32 Å². The van der Waals surface area contributed by atoms with E-state index in [1.54, 1.807) is 0 Å². The number of hydrogen-bond donors (Lipinski definition) is 2. The molecule has 1 N–H and O–H groups in total. The first-order valence-corrected chi connectivity index (χ1v) is 8.18. The fraction of sp³-hybridized carbons (Fsp3) is 0.125. The molecule has 0 fully saturated rings. The highest BCUT2D eigenvalue weighted by atomic mass is 32.2. The van der Waals surface area contributed by atoms with Gasteiger partial charge in [0.1, 0.15) is 0 Å². The van der Waals surface area contributed by atoms with Crippen molar-refractivity contribution in [2.24, 2.45) is 4.99 Å². The lowest BCUT2D eigenvalue weighted by Gasteiger charge is -2.21. The number of benzene rings is 2. The molecule has 0 atom stereocenters. The van der Waals surface area contributed by atoms with Crippen LogP contribution < -0.4 is 5.32 Å². The number of aliphatic imine (C=N–C) groups is 1. The minimum Gasteiger partial charge on any atom is -0.307 e. The maximum atomic E-state index is 12.3. The third kappa shape index (κ3) is 3.28. The van der Waals surface area contributed by atoms with Crippen LogP contribution in [0.2, 0.25) is 0 Å². The number of nitrogens with one attached hydrogen (secondary N) is 1. The van der Waals surface area contributed by atoms with E-state index in [1.807, 2.05) is 55.5 Å². The van der Waals surface area contributed by atoms with E-state index < -0.39 is 0 Å². The van der Waals surface area contributed by atoms with E-state index in [9.17, 15) is 4.79 Å². The molecular formula is C16H15N3OS2. The number of nitrogens with zero attached hydrogens (tertiary/aromatic N) is 2. The second-order valence-corrected chi connectivity index (χ2v) is 6.26. The first kappa shape index (κ1) is 15.0. The second kappa shape index (κ2) is 6.46. The molecule has 2 aromatic rings. The standard InChI is InChI=1S/C16H15N3OS2/c1-11-6-8-13(9-7-11)17-15(20)19(21)16-18-14-5-3-2-4-12(14)10-22-16/h2-9,21H,10H2,1H3,(H,17,20). The van der Waals surface area contributed by atoms with Gasteiger partial charge in [-0.3, -0.25) is 0 Å². The number of aryl methyl sites for hydroxylation is 1. The maximum absolute atomic E-state index is 12.3. The molecule has 2 aromatic carbocycles. The Hall–Kier alpha value is -1.92. The SMILES string of the molecule is Cc1ccc(NC(=O)N(S)C2=Nc3ccccc3CS2)cc1. The largest absolute Gasteiger partial charge is 0.338 e. The molecular weight excluding hydrogens is 314 g/mol. The molecule has 4 nitrogen and oxygen atoms in total. The number of urea groups is 1. The Morgan fingerprint density at radius 3 is 2.73 bits per heavy atom. The minimum absolute atomic E-state index is 0.321. The Morgan fingerprint density at radius 2 is 1.95 bits per heavy atom. The summed E-state index contributed by atoms with van der Waals surface area (Å²) in [6, 6.07) is 15.2. The van der Waals surface area contributed by atoms with Crippen molar-refractivity contribution >= 4 is 47.2 Å². The smallest absolute Gasteiger partial charge is 0.307 e. The van der Waals surface area contributed by atoms with Crippen LogP contribution in [-0.4, -0.2) is 15.5 Å². The van der Waals surface area contributed by atoms with Gasteiger partial charge in [-0.2, -0.15) is 0 Å². The zero-order valence-electron chi connectivity index (χ0n) is 12.0. The predicted molar refractivity (Wildman–Crippen MR) is 95.9 cm³/mol. The van der Waals surface area contributed by atoms with Crippen LogP contribution in [0.3, 0.4) is 0 Å². The van der Waals surface area contributed by atoms with E-state index in [4.69, 9.17) is 0 Å². The minimum atomic E-state index is -0.321. The molecule has 0 spiro atoms. The van der Waals surface area contributed by atoms with Crippen LogP contribution in [0.5, 0.6) is 0 Å². The third-order valence-electron chi connectivity index (χ3n) is 3.24. The van der Waals surface area contributed by atoms with E-state index in [2.05, 4.69) is 23.1 Å². The Bertz CT molecular complexity index is 728. The molecule has 1 aliphatic rings. The van der Waals surface area contributed by atoms with E-state index in [0.29, 0.717) is 5.17 Å². The molecule has 0 saturated heterocycles. The molecule has 0 unspecified atom stereocenters. The van der Waals surface area contributed by atoms with Gasteiger partial charge in [0.25, 0.3) is 0 Å². The second-order valence-electron chi connectivity index (χ2n) is 4.92. The number of rotatable bonds is 1. The quantitative estimate of drug-likeness (QED) is 0.751. The summed E-state index contributed by atoms with van der Waals surface area (Å²) >= 11 is 5.77. The number of para-hydroxylation sites is 1. The van der Waals surface area contributed by atoms with E-state index in [-0.39, 0.29) is 6.03 Å². The average Bonchev–Trinajstić information content (AvgIpc) is 2.55. The fourth-order valence-electron chi connectivity index (χ4n) is 2.03. The van der Waals surface area contributed by atoms with Gasteiger partial charge in [0.05, 0.1) is 5.69 Å². The van der Waals surface area contributed by atoms with Gasteiger partial charge in [-0.05, 0) is 30.7 Å². The molecule has 1 aliphatic heterocycles. The van der Waals surface area contributed by atoms with Crippen LogP contribution in [0.15, 0.2) is 53.5 Å². The van der Waals surface area contributed by atoms with Crippen molar-refractivity contribution in [3.63, 3.8) is 0 Å². The van der Waals surface area contributed by atoms with Gasteiger partial charge in [-0.15, -0.1) is 0 Å². The molecule has 0 bridgehead atoms. The number of thioether (sulfide) groups is 1. The monoisotopic (exact) mass is 329 g/mol. The van der Waals surface area contributed by atoms with Crippen LogP contribution in [0, 0.1) is 6.92 Å². The fourth-order valence-corrected chi connectivity index (χ4v) is 3.19. The highest BCUT2D eigenvalue weighted by Crippen LogP contribution is 2.32. The Labute approximate surface area is 139 Å². The molecule has 112 valence electrons. The molecule has 2 amide bonds. The van der Waals surface area contributed by atoms with Crippen LogP contribution in [0.25, 0.3) is 0 Å². The summed E-state index contributed by atoms with van der Waals surface area (Å²) in [6.45, 7) is 2.00. The van der Waals surface area contributed by atoms with Crippen LogP contribution in [0.4, 0.5) is 16.2 Å². The van der Waals surface area contributed by atoms with Crippen LogP contribution in [0.1, 0.15) is 11.1 Å². The summed E-state index contributed by atoms with van der Waals surface area (Å²) in [5.41, 5.74) is 3.93. The Kier molecular flexibility index (Phi) is 4.40. The van der Waals surface area contributed by atoms with Crippen molar-refractivity contribution < 1.29 is 4.79 Å². The molecule has 0 radical (unpaired) electrons. The topological polar surface area (TPSA) is 44.7 Å². The van der Waals surface area contributed by atoms with Crippen LogP contribution in [-0.2, 0) is 5.75 Å². The summed E-state index contributed by atoms with van der Waals surface area (Å²) in [6.07, 6.45) is 0. The summed E-state index contributed by atoms with van der Waals surface area (Å²) in [5, 5.41) is 3.38. The van der Waals surface area contributed by atoms with Gasteiger partial charge in [-0.25, -0.2) is 14.1 Å². The molecule has 0 saturated carbocycles. The lowest BCUT2D eigenvalue weighted by molar-refractivity contribution is 0.248. The highest BCUT2D eigenvalue weighted by molar-refractivity contribution is 8.14. The van der Waals surface area contributed by atoms with E-state index >= 15 is 0 Å². The first-order valence-electron chi connectivity index (χ1n) is 6.79. The zero-order valence-corrected chi connectivity index (χ0v) is 13.7. The predicted octanol–water partition coefficient (Wildman–Crippen LogP) is 4.61. The summed E-state index contributed by atoms with van der Waals surface area (Å²) in [7, 11) is 0. The summed E-state index contributed by atoms with van der Waals surface area (Å²) in [4.78, 5) is 16.7. The number of anilines is 1. The number of carbonyl (C=O) groups is 1. The zero-order chi connectivity index (χ0) is 15.5. The lowest BCUT2D eigenvalue weighted by atomic mass is 10.2. The highest BCUT2D eigenvalue weighted by Gasteiger charge is 2.21. The number of amidine groups is 1. The Balaban J connectivity index is 1.74. The van der Waals surface area contributed by atoms with Gasteiger partial charge in [0, 0.05) is 11.4 Å². The summed E-state index contributed by atoms with van der Waals surface area (Å²) in [5.74, 6) is 0.782. The number of hydrogen-bond acceptors (Lipinski definition) is 4. The van der Waals surface area contributed by atoms with Gasteiger partial charge in [0.15, 0.2) is 5.17 Å². The van der Waals surface area contributed by atoms with Crippen molar-refractivity contribution in [3.05, 3.63) is 59.7 Å². The lowest BCUT2D eigenvalue weighted by Crippen LogP contribution is -2.31. The van der Waals surface area contributed by atoms with E-state index in [0.717, 1.165) is 28.3 Å². The first-order chi connectivity index (χ1) is 10.6. The van der Waals surface area contributed by atoms with Gasteiger partial charge >= 0.3 is 6.03 Å². The summed E-state index contributed by atoms with van der Waals surface area (Å²) < 4.78 is 1.25. The Morgan fingerprint density at radius 1 is 1.23 bits per heavy atom. The molecule has 0 aliphatic carbocycles.